The summed E-state index contributed by atoms with van der Waals surface area (Å²) in [5.74, 6) is 2.44. The van der Waals surface area contributed by atoms with Gasteiger partial charge in [0, 0.05) is 36.7 Å². The van der Waals surface area contributed by atoms with Gasteiger partial charge in [0.05, 0.1) is 10.7 Å². The zero-order valence-electron chi connectivity index (χ0n) is 11.4. The topological polar surface area (TPSA) is 58.4 Å². The zero-order valence-corrected chi connectivity index (χ0v) is 13.0. The summed E-state index contributed by atoms with van der Waals surface area (Å²) in [5.41, 5.74) is 6.88. The maximum atomic E-state index is 11.8. The van der Waals surface area contributed by atoms with Gasteiger partial charge in [-0.25, -0.2) is 0 Å². The van der Waals surface area contributed by atoms with Gasteiger partial charge in [0.25, 0.3) is 0 Å². The molecule has 0 spiro atoms. The van der Waals surface area contributed by atoms with Crippen molar-refractivity contribution in [3.05, 3.63) is 23.2 Å². The first-order valence-electron chi connectivity index (χ1n) is 6.80. The summed E-state index contributed by atoms with van der Waals surface area (Å²) in [6.07, 6.45) is 1.42. The summed E-state index contributed by atoms with van der Waals surface area (Å²) >= 11 is 7.84. The summed E-state index contributed by atoms with van der Waals surface area (Å²) < 4.78 is 0. The van der Waals surface area contributed by atoms with Gasteiger partial charge in [0.1, 0.15) is 0 Å². The van der Waals surface area contributed by atoms with Gasteiger partial charge in [-0.1, -0.05) is 11.6 Å². The fraction of sp³-hybridized carbons (Fsp3) is 0.500. The average Bonchev–Trinajstić information content (AvgIpc) is 2.44. The number of nitrogens with two attached hydrogens (primary N) is 1. The second kappa shape index (κ2) is 7.76. The number of carbonyl (C=O) groups excluding carboxylic acids is 1. The quantitative estimate of drug-likeness (QED) is 0.821. The molecule has 3 N–H and O–H groups in total. The van der Waals surface area contributed by atoms with Crippen LogP contribution in [0.15, 0.2) is 18.2 Å². The third kappa shape index (κ3) is 4.89. The zero-order chi connectivity index (χ0) is 14.4. The molecule has 20 heavy (non-hydrogen) atoms. The molecule has 0 bridgehead atoms. The highest BCUT2D eigenvalue weighted by Gasteiger charge is 2.10. The molecule has 0 aliphatic carbocycles. The lowest BCUT2D eigenvalue weighted by Gasteiger charge is -2.25. The normalized spacial score (nSPS) is 16.1. The molecule has 0 atom stereocenters. The molecule has 1 aromatic carbocycles. The van der Waals surface area contributed by atoms with E-state index in [1.807, 2.05) is 11.8 Å². The Labute approximate surface area is 129 Å². The van der Waals surface area contributed by atoms with E-state index < -0.39 is 0 Å². The second-order valence-corrected chi connectivity index (χ2v) is 6.47. The van der Waals surface area contributed by atoms with Gasteiger partial charge in [-0.05, 0) is 31.2 Å². The summed E-state index contributed by atoms with van der Waals surface area (Å²) in [6, 6.07) is 5.14. The van der Waals surface area contributed by atoms with Crippen molar-refractivity contribution in [2.24, 2.45) is 0 Å². The number of nitrogens with one attached hydrogen (secondary N) is 1. The predicted molar refractivity (Wildman–Crippen MR) is 87.5 cm³/mol. The molecular weight excluding hydrogens is 294 g/mol. The SMILES string of the molecule is Nc1cc(NC(=O)CCCN2CCSCC2)ccc1Cl. The molecule has 0 unspecified atom stereocenters. The number of nitrogen functional groups attached to an aromatic ring is 1. The summed E-state index contributed by atoms with van der Waals surface area (Å²) in [7, 11) is 0. The number of amides is 1. The van der Waals surface area contributed by atoms with Crippen LogP contribution in [0.2, 0.25) is 5.02 Å². The molecule has 6 heteroatoms. The van der Waals surface area contributed by atoms with E-state index in [4.69, 9.17) is 17.3 Å². The first-order chi connectivity index (χ1) is 9.65. The second-order valence-electron chi connectivity index (χ2n) is 4.84. The predicted octanol–water partition coefficient (Wildman–Crippen LogP) is 2.69. The van der Waals surface area contributed by atoms with Crippen LogP contribution in [0.1, 0.15) is 12.8 Å². The van der Waals surface area contributed by atoms with Crippen molar-refractivity contribution in [1.29, 1.82) is 0 Å². The number of thioether (sulfide) groups is 1. The Bertz CT molecular complexity index is 464. The van der Waals surface area contributed by atoms with Gasteiger partial charge in [0.15, 0.2) is 0 Å². The lowest BCUT2D eigenvalue weighted by molar-refractivity contribution is -0.116. The number of carbonyl (C=O) groups is 1. The van der Waals surface area contributed by atoms with E-state index in [0.717, 1.165) is 26.1 Å². The third-order valence-corrected chi connectivity index (χ3v) is 4.55. The first kappa shape index (κ1) is 15.5. The van der Waals surface area contributed by atoms with Crippen molar-refractivity contribution >= 4 is 40.6 Å². The van der Waals surface area contributed by atoms with Crippen LogP contribution >= 0.6 is 23.4 Å². The molecule has 1 aromatic rings. The molecule has 2 rings (SSSR count). The van der Waals surface area contributed by atoms with E-state index in [0.29, 0.717) is 22.8 Å². The number of nitrogens with zero attached hydrogens (tertiary/aromatic N) is 1. The molecule has 1 heterocycles. The standard InChI is InChI=1S/C14H20ClN3OS/c15-12-4-3-11(10-13(12)16)17-14(19)2-1-5-18-6-8-20-9-7-18/h3-4,10H,1-2,5-9,16H2,(H,17,19). The van der Waals surface area contributed by atoms with E-state index in [-0.39, 0.29) is 5.91 Å². The Balaban J connectivity index is 1.70. The largest absolute Gasteiger partial charge is 0.397 e. The minimum Gasteiger partial charge on any atom is -0.397 e. The molecular formula is C14H20ClN3OS. The number of rotatable bonds is 5. The third-order valence-electron chi connectivity index (χ3n) is 3.26. The Morgan fingerprint density at radius 3 is 2.85 bits per heavy atom. The molecule has 0 radical (unpaired) electrons. The number of hydrogen-bond acceptors (Lipinski definition) is 4. The van der Waals surface area contributed by atoms with Crippen molar-refractivity contribution < 1.29 is 4.79 Å². The van der Waals surface area contributed by atoms with Crippen LogP contribution in [0.5, 0.6) is 0 Å². The van der Waals surface area contributed by atoms with Crippen LogP contribution in [0, 0.1) is 0 Å². The molecule has 1 saturated heterocycles. The van der Waals surface area contributed by atoms with Crippen molar-refractivity contribution in [3.63, 3.8) is 0 Å². The van der Waals surface area contributed by atoms with Gasteiger partial charge in [0.2, 0.25) is 5.91 Å². The van der Waals surface area contributed by atoms with Crippen molar-refractivity contribution in [3.8, 4) is 0 Å². The number of hydrogen-bond donors (Lipinski definition) is 2. The molecule has 4 nitrogen and oxygen atoms in total. The first-order valence-corrected chi connectivity index (χ1v) is 8.33. The van der Waals surface area contributed by atoms with E-state index in [9.17, 15) is 4.79 Å². The highest BCUT2D eigenvalue weighted by molar-refractivity contribution is 7.99. The lowest BCUT2D eigenvalue weighted by atomic mass is 10.2. The maximum Gasteiger partial charge on any atom is 0.224 e. The smallest absolute Gasteiger partial charge is 0.224 e. The minimum absolute atomic E-state index is 0.0260. The fourth-order valence-electron chi connectivity index (χ4n) is 2.13. The minimum atomic E-state index is 0.0260. The monoisotopic (exact) mass is 313 g/mol. The maximum absolute atomic E-state index is 11.8. The van der Waals surface area contributed by atoms with Crippen LogP contribution in [-0.4, -0.2) is 41.9 Å². The van der Waals surface area contributed by atoms with Crippen LogP contribution < -0.4 is 11.1 Å². The highest BCUT2D eigenvalue weighted by atomic mass is 35.5. The molecule has 1 amide bonds. The summed E-state index contributed by atoms with van der Waals surface area (Å²) in [6.45, 7) is 3.27. The number of anilines is 2. The van der Waals surface area contributed by atoms with E-state index in [1.54, 1.807) is 18.2 Å². The summed E-state index contributed by atoms with van der Waals surface area (Å²) in [4.78, 5) is 14.3. The van der Waals surface area contributed by atoms with E-state index in [1.165, 1.54) is 11.5 Å². The van der Waals surface area contributed by atoms with Crippen molar-refractivity contribution in [2.45, 2.75) is 12.8 Å². The van der Waals surface area contributed by atoms with Crippen LogP contribution in [-0.2, 0) is 4.79 Å². The number of halogens is 1. The average molecular weight is 314 g/mol. The van der Waals surface area contributed by atoms with Crippen LogP contribution in [0.25, 0.3) is 0 Å². The fourth-order valence-corrected chi connectivity index (χ4v) is 3.23. The van der Waals surface area contributed by atoms with Gasteiger partial charge >= 0.3 is 0 Å². The van der Waals surface area contributed by atoms with Crippen LogP contribution in [0.4, 0.5) is 11.4 Å². The summed E-state index contributed by atoms with van der Waals surface area (Å²) in [5, 5.41) is 3.35. The van der Waals surface area contributed by atoms with Gasteiger partial charge in [-0.15, -0.1) is 0 Å². The van der Waals surface area contributed by atoms with Gasteiger partial charge < -0.3 is 16.0 Å². The van der Waals surface area contributed by atoms with E-state index in [2.05, 4.69) is 10.2 Å². The highest BCUT2D eigenvalue weighted by Crippen LogP contribution is 2.22. The molecule has 1 aliphatic rings. The Kier molecular flexibility index (Phi) is 6.01. The van der Waals surface area contributed by atoms with Crippen LogP contribution in [0.3, 0.4) is 0 Å². The lowest BCUT2D eigenvalue weighted by Crippen LogP contribution is -2.33. The molecule has 110 valence electrons. The Morgan fingerprint density at radius 2 is 2.15 bits per heavy atom. The molecule has 1 aliphatic heterocycles. The number of benzene rings is 1. The Hall–Kier alpha value is -0.910. The van der Waals surface area contributed by atoms with Gasteiger partial charge in [-0.2, -0.15) is 11.8 Å². The molecule has 0 aromatic heterocycles. The Morgan fingerprint density at radius 1 is 1.40 bits per heavy atom. The van der Waals surface area contributed by atoms with Gasteiger partial charge in [-0.3, -0.25) is 4.79 Å². The van der Waals surface area contributed by atoms with E-state index >= 15 is 0 Å². The van der Waals surface area contributed by atoms with Crippen molar-refractivity contribution in [2.75, 3.05) is 42.2 Å². The molecule has 1 fully saturated rings. The van der Waals surface area contributed by atoms with Crippen molar-refractivity contribution in [1.82, 2.24) is 4.90 Å². The molecule has 0 saturated carbocycles.